The van der Waals surface area contributed by atoms with Crippen molar-refractivity contribution in [1.29, 1.82) is 5.39 Å². The summed E-state index contributed by atoms with van der Waals surface area (Å²) < 4.78 is 48.9. The third kappa shape index (κ3) is 6.51. The topological polar surface area (TPSA) is 63.7 Å². The van der Waals surface area contributed by atoms with Crippen molar-refractivity contribution in [3.8, 4) is 16.9 Å². The molecular formula is C15H13BF4N2O3. The molecule has 25 heavy (non-hydrogen) atoms. The molecule has 0 atom stereocenters. The first-order chi connectivity index (χ1) is 11.7. The number of hydrogen-bond donors (Lipinski definition) is 0. The van der Waals surface area contributed by atoms with E-state index in [1.807, 2.05) is 12.1 Å². The number of carbonyl (C=O) groups is 1. The van der Waals surface area contributed by atoms with E-state index in [1.165, 1.54) is 14.2 Å². The highest BCUT2D eigenvalue weighted by Gasteiger charge is 2.20. The van der Waals surface area contributed by atoms with Crippen LogP contribution in [-0.4, -0.2) is 27.4 Å². The van der Waals surface area contributed by atoms with Crippen LogP contribution < -0.4 is 4.74 Å². The van der Waals surface area contributed by atoms with E-state index in [2.05, 4.69) is 4.98 Å². The van der Waals surface area contributed by atoms with Gasteiger partial charge in [0.1, 0.15) is 11.3 Å². The Bertz CT molecular complexity index is 768. The minimum Gasteiger partial charge on any atom is -0.496 e. The van der Waals surface area contributed by atoms with Gasteiger partial charge in [-0.2, -0.15) is 0 Å². The number of halogens is 4. The molecule has 2 rings (SSSR count). The van der Waals surface area contributed by atoms with Gasteiger partial charge < -0.3 is 26.7 Å². The molecule has 0 aliphatic rings. The summed E-state index contributed by atoms with van der Waals surface area (Å²) in [6, 6.07) is 12.2. The smallest absolute Gasteiger partial charge is 0.496 e. The van der Waals surface area contributed by atoms with E-state index in [1.54, 1.807) is 30.3 Å². The minimum absolute atomic E-state index is 0.376. The summed E-state index contributed by atoms with van der Waals surface area (Å²) in [4.78, 5) is 14.7. The van der Waals surface area contributed by atoms with Crippen molar-refractivity contribution in [2.75, 3.05) is 14.2 Å². The summed E-state index contributed by atoms with van der Waals surface area (Å²) in [5.41, 5.74) is 2.67. The van der Waals surface area contributed by atoms with Crippen LogP contribution in [0.25, 0.3) is 16.1 Å². The lowest BCUT2D eigenvalue weighted by Gasteiger charge is -2.09. The van der Waals surface area contributed by atoms with Crippen LogP contribution in [0.3, 0.4) is 0 Å². The van der Waals surface area contributed by atoms with Crippen LogP contribution in [0.15, 0.2) is 42.5 Å². The lowest BCUT2D eigenvalue weighted by molar-refractivity contribution is 0.0597. The molecule has 132 valence electrons. The highest BCUT2D eigenvalue weighted by molar-refractivity contribution is 6.50. The van der Waals surface area contributed by atoms with Crippen molar-refractivity contribution in [2.24, 2.45) is 0 Å². The molecule has 2 aromatic carbocycles. The second kappa shape index (κ2) is 8.68. The van der Waals surface area contributed by atoms with Crippen LogP contribution in [0.4, 0.5) is 23.0 Å². The van der Waals surface area contributed by atoms with Crippen molar-refractivity contribution in [3.63, 3.8) is 0 Å². The van der Waals surface area contributed by atoms with Gasteiger partial charge in [0.05, 0.1) is 14.2 Å². The van der Waals surface area contributed by atoms with Crippen molar-refractivity contribution in [1.82, 2.24) is 0 Å². The van der Waals surface area contributed by atoms with E-state index < -0.39 is 13.2 Å². The Labute approximate surface area is 140 Å². The van der Waals surface area contributed by atoms with Crippen LogP contribution in [-0.2, 0) is 4.74 Å². The maximum absolute atomic E-state index is 11.6. The minimum atomic E-state index is -6.00. The molecular weight excluding hydrogens is 343 g/mol. The fourth-order valence-corrected chi connectivity index (χ4v) is 1.87. The van der Waals surface area contributed by atoms with Gasteiger partial charge in [-0.3, -0.25) is 0 Å². The molecule has 2 aromatic rings. The van der Waals surface area contributed by atoms with Crippen molar-refractivity contribution in [3.05, 3.63) is 53.0 Å². The first kappa shape index (κ1) is 20.0. The van der Waals surface area contributed by atoms with Crippen LogP contribution >= 0.6 is 0 Å². The van der Waals surface area contributed by atoms with E-state index in [0.29, 0.717) is 17.0 Å². The number of hydrogen-bond acceptors (Lipinski definition) is 4. The molecule has 0 heterocycles. The first-order valence-electron chi connectivity index (χ1n) is 6.78. The van der Waals surface area contributed by atoms with Gasteiger partial charge in [-0.1, -0.05) is 6.07 Å². The molecule has 5 nitrogen and oxygen atoms in total. The molecule has 0 spiro atoms. The molecule has 10 heteroatoms. The number of rotatable bonds is 3. The molecule has 0 unspecified atom stereocenters. The summed E-state index contributed by atoms with van der Waals surface area (Å²) in [5.74, 6) is 0.00750. The van der Waals surface area contributed by atoms with E-state index in [4.69, 9.17) is 14.9 Å². The van der Waals surface area contributed by atoms with Gasteiger partial charge in [-0.05, 0) is 35.4 Å². The third-order valence-corrected chi connectivity index (χ3v) is 2.92. The Morgan fingerprint density at radius 2 is 1.52 bits per heavy atom. The van der Waals surface area contributed by atoms with Crippen molar-refractivity contribution >= 4 is 18.9 Å². The van der Waals surface area contributed by atoms with Gasteiger partial charge in [0, 0.05) is 12.1 Å². The van der Waals surface area contributed by atoms with Crippen molar-refractivity contribution < 1.29 is 31.5 Å². The quantitative estimate of drug-likeness (QED) is 0.338. The van der Waals surface area contributed by atoms with Gasteiger partial charge in [-0.15, -0.1) is 0 Å². The van der Waals surface area contributed by atoms with Gasteiger partial charge in [0.2, 0.25) is 5.39 Å². The summed E-state index contributed by atoms with van der Waals surface area (Å²) in [5, 5.41) is 8.66. The second-order valence-electron chi connectivity index (χ2n) is 4.55. The number of carbonyl (C=O) groups excluding carboxylic acids is 1. The van der Waals surface area contributed by atoms with Gasteiger partial charge >= 0.3 is 18.9 Å². The lowest BCUT2D eigenvalue weighted by atomic mass is 10.0. The zero-order valence-electron chi connectivity index (χ0n) is 13.2. The molecule has 0 saturated heterocycles. The molecule has 0 aliphatic heterocycles. The van der Waals surface area contributed by atoms with Gasteiger partial charge in [0.15, 0.2) is 4.98 Å². The number of esters is 1. The number of nitrogens with zero attached hydrogens (tertiary/aromatic N) is 2. The standard InChI is InChI=1S/C15H13N2O3.BF4/c1-19-14-9-11(5-8-13(14)15(18)20-2)10-3-6-12(17-16)7-4-10;2-1(3,4)5/h3-9H,1-2H3;/q+1;-1. The largest absolute Gasteiger partial charge is 0.673 e. The molecule has 0 fully saturated rings. The third-order valence-electron chi connectivity index (χ3n) is 2.92. The predicted octanol–water partition coefficient (Wildman–Crippen LogP) is 4.93. The maximum atomic E-state index is 11.6. The summed E-state index contributed by atoms with van der Waals surface area (Å²) in [6.07, 6.45) is 0. The number of benzene rings is 2. The predicted molar refractivity (Wildman–Crippen MR) is 84.7 cm³/mol. The number of ether oxygens (including phenoxy) is 2. The second-order valence-corrected chi connectivity index (χ2v) is 4.55. The maximum Gasteiger partial charge on any atom is 0.673 e. The molecule has 0 bridgehead atoms. The van der Waals surface area contributed by atoms with Gasteiger partial charge in [-0.25, -0.2) is 4.79 Å². The zero-order chi connectivity index (χ0) is 19.0. The van der Waals surface area contributed by atoms with E-state index in [-0.39, 0.29) is 0 Å². The fraction of sp³-hybridized carbons (Fsp3) is 0.133. The highest BCUT2D eigenvalue weighted by Crippen LogP contribution is 2.29. The summed E-state index contributed by atoms with van der Waals surface area (Å²) in [7, 11) is -3.17. The average Bonchev–Trinajstić information content (AvgIpc) is 2.59. The van der Waals surface area contributed by atoms with Crippen molar-refractivity contribution in [2.45, 2.75) is 0 Å². The molecule has 0 amide bonds. The first-order valence-corrected chi connectivity index (χ1v) is 6.78. The van der Waals surface area contributed by atoms with Crippen LogP contribution in [0.1, 0.15) is 10.4 Å². The number of diazo groups is 1. The average molecular weight is 356 g/mol. The van der Waals surface area contributed by atoms with Gasteiger partial charge in [0.25, 0.3) is 0 Å². The lowest BCUT2D eigenvalue weighted by Crippen LogP contribution is -2.04. The molecule has 0 radical (unpaired) electrons. The fourth-order valence-electron chi connectivity index (χ4n) is 1.87. The van der Waals surface area contributed by atoms with Crippen LogP contribution in [0.5, 0.6) is 5.75 Å². The summed E-state index contributed by atoms with van der Waals surface area (Å²) in [6.45, 7) is 0. The normalized spacial score (nSPS) is 10.1. The van der Waals surface area contributed by atoms with Crippen LogP contribution in [0, 0.1) is 5.39 Å². The highest BCUT2D eigenvalue weighted by atomic mass is 19.5. The Hall–Kier alpha value is -3.09. The number of methoxy groups -OCH3 is 2. The van der Waals surface area contributed by atoms with Crippen LogP contribution in [0.2, 0.25) is 0 Å². The van der Waals surface area contributed by atoms with E-state index in [0.717, 1.165) is 11.1 Å². The Kier molecular flexibility index (Phi) is 6.93. The van der Waals surface area contributed by atoms with E-state index >= 15 is 0 Å². The molecule has 0 saturated carbocycles. The molecule has 0 aromatic heterocycles. The van der Waals surface area contributed by atoms with E-state index in [9.17, 15) is 22.1 Å². The monoisotopic (exact) mass is 356 g/mol. The Morgan fingerprint density at radius 1 is 1.00 bits per heavy atom. The Morgan fingerprint density at radius 3 is 1.96 bits per heavy atom. The zero-order valence-corrected chi connectivity index (χ0v) is 13.2. The SMILES string of the molecule is COC(=O)c1ccc(-c2ccc([N+]#N)cc2)cc1OC.F[B-](F)(F)F. The molecule has 0 aliphatic carbocycles. The Balaban J connectivity index is 0.000000550. The summed E-state index contributed by atoms with van der Waals surface area (Å²) >= 11 is 0. The molecule has 0 N–H and O–H groups in total.